The summed E-state index contributed by atoms with van der Waals surface area (Å²) < 4.78 is 0. The zero-order valence-corrected chi connectivity index (χ0v) is 8.10. The van der Waals surface area contributed by atoms with Crippen LogP contribution in [0.4, 0.5) is 0 Å². The molecule has 2 heteroatoms. The van der Waals surface area contributed by atoms with Crippen molar-refractivity contribution in [2.24, 2.45) is 5.41 Å². The minimum absolute atomic E-state index is 0.685. The second-order valence-electron chi connectivity index (χ2n) is 4.58. The molecule has 0 unspecified atom stereocenters. The van der Waals surface area contributed by atoms with Gasteiger partial charge in [0.1, 0.15) is 0 Å². The predicted octanol–water partition coefficient (Wildman–Crippen LogP) is 1.08. The minimum Gasteiger partial charge on any atom is -0.316 e. The summed E-state index contributed by atoms with van der Waals surface area (Å²) in [6.07, 6.45) is 5.69. The van der Waals surface area contributed by atoms with Crippen LogP contribution in [0.15, 0.2) is 0 Å². The van der Waals surface area contributed by atoms with Crippen LogP contribution in [0.3, 0.4) is 0 Å². The van der Waals surface area contributed by atoms with Gasteiger partial charge in [-0.1, -0.05) is 0 Å². The van der Waals surface area contributed by atoms with Gasteiger partial charge in [-0.15, -0.1) is 0 Å². The highest BCUT2D eigenvalue weighted by atomic mass is 15.1. The molecule has 1 spiro atoms. The molecule has 0 bridgehead atoms. The van der Waals surface area contributed by atoms with Gasteiger partial charge in [0, 0.05) is 6.54 Å². The first-order valence-corrected chi connectivity index (χ1v) is 5.20. The second-order valence-corrected chi connectivity index (χ2v) is 4.58. The van der Waals surface area contributed by atoms with Gasteiger partial charge >= 0.3 is 0 Å². The Kier molecular flexibility index (Phi) is 2.37. The molecule has 70 valence electrons. The average molecular weight is 168 g/mol. The molecule has 0 amide bonds. The molecule has 2 aliphatic rings. The van der Waals surface area contributed by atoms with E-state index in [1.807, 2.05) is 0 Å². The van der Waals surface area contributed by atoms with E-state index in [1.54, 1.807) is 0 Å². The molecule has 0 saturated carbocycles. The SMILES string of the molecule is CN1CCC2(CCCNC2)CC1. The molecule has 2 aliphatic heterocycles. The molecule has 0 aliphatic carbocycles. The molecular formula is C10H20N2. The van der Waals surface area contributed by atoms with Gasteiger partial charge in [0.25, 0.3) is 0 Å². The van der Waals surface area contributed by atoms with E-state index in [-0.39, 0.29) is 0 Å². The standard InChI is InChI=1S/C10H20N2/c1-12-7-4-10(5-8-12)3-2-6-11-9-10/h11H,2-9H2,1H3. The van der Waals surface area contributed by atoms with E-state index in [9.17, 15) is 0 Å². The second kappa shape index (κ2) is 3.35. The van der Waals surface area contributed by atoms with Crippen molar-refractivity contribution in [2.75, 3.05) is 33.2 Å². The lowest BCUT2D eigenvalue weighted by Gasteiger charge is -2.43. The topological polar surface area (TPSA) is 15.3 Å². The molecule has 2 nitrogen and oxygen atoms in total. The van der Waals surface area contributed by atoms with Crippen LogP contribution in [0.5, 0.6) is 0 Å². The predicted molar refractivity (Wildman–Crippen MR) is 51.3 cm³/mol. The van der Waals surface area contributed by atoms with Crippen LogP contribution < -0.4 is 5.32 Å². The van der Waals surface area contributed by atoms with Crippen LogP contribution in [0.1, 0.15) is 25.7 Å². The summed E-state index contributed by atoms with van der Waals surface area (Å²) in [7, 11) is 2.24. The lowest BCUT2D eigenvalue weighted by Crippen LogP contribution is -2.46. The third-order valence-electron chi connectivity index (χ3n) is 3.61. The first kappa shape index (κ1) is 8.52. The van der Waals surface area contributed by atoms with E-state index in [2.05, 4.69) is 17.3 Å². The van der Waals surface area contributed by atoms with Gasteiger partial charge in [-0.3, -0.25) is 0 Å². The van der Waals surface area contributed by atoms with Crippen molar-refractivity contribution < 1.29 is 0 Å². The molecule has 0 radical (unpaired) electrons. The summed E-state index contributed by atoms with van der Waals surface area (Å²) in [5, 5.41) is 3.54. The maximum absolute atomic E-state index is 3.54. The molecule has 2 heterocycles. The minimum atomic E-state index is 0.685. The number of hydrogen-bond donors (Lipinski definition) is 1. The van der Waals surface area contributed by atoms with Crippen molar-refractivity contribution in [1.29, 1.82) is 0 Å². The highest BCUT2D eigenvalue weighted by Gasteiger charge is 2.34. The molecule has 0 atom stereocenters. The van der Waals surface area contributed by atoms with E-state index < -0.39 is 0 Å². The van der Waals surface area contributed by atoms with E-state index in [0.29, 0.717) is 5.41 Å². The lowest BCUT2D eigenvalue weighted by molar-refractivity contribution is 0.0930. The van der Waals surface area contributed by atoms with Crippen LogP contribution in [-0.2, 0) is 0 Å². The zero-order valence-electron chi connectivity index (χ0n) is 8.10. The number of likely N-dealkylation sites (tertiary alicyclic amines) is 1. The van der Waals surface area contributed by atoms with E-state index in [0.717, 1.165) is 0 Å². The lowest BCUT2D eigenvalue weighted by atomic mass is 9.73. The largest absolute Gasteiger partial charge is 0.316 e. The fourth-order valence-corrected chi connectivity index (χ4v) is 2.55. The van der Waals surface area contributed by atoms with Gasteiger partial charge in [0.05, 0.1) is 0 Å². The molecule has 0 aromatic carbocycles. The molecule has 2 fully saturated rings. The smallest absolute Gasteiger partial charge is 0.000877 e. The highest BCUT2D eigenvalue weighted by Crippen LogP contribution is 2.36. The van der Waals surface area contributed by atoms with Crippen molar-refractivity contribution in [3.05, 3.63) is 0 Å². The summed E-state index contributed by atoms with van der Waals surface area (Å²) in [5.41, 5.74) is 0.685. The Morgan fingerprint density at radius 2 is 1.92 bits per heavy atom. The Morgan fingerprint density at radius 3 is 2.50 bits per heavy atom. The van der Waals surface area contributed by atoms with Crippen molar-refractivity contribution in [3.8, 4) is 0 Å². The van der Waals surface area contributed by atoms with E-state index >= 15 is 0 Å². The number of nitrogens with one attached hydrogen (secondary N) is 1. The number of nitrogens with zero attached hydrogens (tertiary/aromatic N) is 1. The molecular weight excluding hydrogens is 148 g/mol. The monoisotopic (exact) mass is 168 g/mol. The van der Waals surface area contributed by atoms with Crippen molar-refractivity contribution in [2.45, 2.75) is 25.7 Å². The third kappa shape index (κ3) is 1.64. The van der Waals surface area contributed by atoms with Gasteiger partial charge in [0.15, 0.2) is 0 Å². The number of rotatable bonds is 0. The van der Waals surface area contributed by atoms with Crippen molar-refractivity contribution in [3.63, 3.8) is 0 Å². The van der Waals surface area contributed by atoms with E-state index in [1.165, 1.54) is 51.9 Å². The fourth-order valence-electron chi connectivity index (χ4n) is 2.55. The molecule has 2 saturated heterocycles. The Hall–Kier alpha value is -0.0800. The van der Waals surface area contributed by atoms with Crippen LogP contribution in [-0.4, -0.2) is 38.1 Å². The van der Waals surface area contributed by atoms with Gasteiger partial charge in [-0.25, -0.2) is 0 Å². The summed E-state index contributed by atoms with van der Waals surface area (Å²) >= 11 is 0. The maximum Gasteiger partial charge on any atom is 0.000877 e. The van der Waals surface area contributed by atoms with Crippen molar-refractivity contribution >= 4 is 0 Å². The summed E-state index contributed by atoms with van der Waals surface area (Å²) in [4.78, 5) is 2.46. The van der Waals surface area contributed by atoms with Crippen molar-refractivity contribution in [1.82, 2.24) is 10.2 Å². The van der Waals surface area contributed by atoms with Gasteiger partial charge < -0.3 is 10.2 Å². The van der Waals surface area contributed by atoms with Gasteiger partial charge in [-0.2, -0.15) is 0 Å². The van der Waals surface area contributed by atoms with Crippen LogP contribution in [0, 0.1) is 5.41 Å². The van der Waals surface area contributed by atoms with Crippen LogP contribution >= 0.6 is 0 Å². The zero-order chi connectivity index (χ0) is 8.44. The Balaban J connectivity index is 1.92. The Bertz CT molecular complexity index is 140. The molecule has 1 N–H and O–H groups in total. The average Bonchev–Trinajstić information content (AvgIpc) is 2.13. The summed E-state index contributed by atoms with van der Waals surface area (Å²) in [5.74, 6) is 0. The van der Waals surface area contributed by atoms with Crippen LogP contribution in [0.25, 0.3) is 0 Å². The summed E-state index contributed by atoms with van der Waals surface area (Å²) in [6.45, 7) is 5.14. The molecule has 2 rings (SSSR count). The fraction of sp³-hybridized carbons (Fsp3) is 1.00. The highest BCUT2D eigenvalue weighted by molar-refractivity contribution is 4.89. The van der Waals surface area contributed by atoms with Crippen LogP contribution in [0.2, 0.25) is 0 Å². The molecule has 0 aromatic rings. The summed E-state index contributed by atoms with van der Waals surface area (Å²) in [6, 6.07) is 0. The number of piperidine rings is 2. The Morgan fingerprint density at radius 1 is 1.17 bits per heavy atom. The first-order chi connectivity index (χ1) is 5.81. The van der Waals surface area contributed by atoms with Gasteiger partial charge in [-0.05, 0) is 57.8 Å². The first-order valence-electron chi connectivity index (χ1n) is 5.20. The normalized spacial score (nSPS) is 30.8. The van der Waals surface area contributed by atoms with Gasteiger partial charge in [0.2, 0.25) is 0 Å². The third-order valence-corrected chi connectivity index (χ3v) is 3.61. The Labute approximate surface area is 75.3 Å². The molecule has 12 heavy (non-hydrogen) atoms. The molecule has 0 aromatic heterocycles. The quantitative estimate of drug-likeness (QED) is 0.582. The maximum atomic E-state index is 3.54. The van der Waals surface area contributed by atoms with E-state index in [4.69, 9.17) is 0 Å². The number of hydrogen-bond acceptors (Lipinski definition) is 2.